The van der Waals surface area contributed by atoms with Crippen LogP contribution in [-0.4, -0.2) is 191 Å². The second kappa shape index (κ2) is 32.1. The zero-order valence-electron chi connectivity index (χ0n) is 66.2. The minimum atomic E-state index is -1.40. The van der Waals surface area contributed by atoms with Gasteiger partial charge in [0.1, 0.15) is 63.3 Å². The first kappa shape index (κ1) is 78.1. The predicted octanol–water partition coefficient (Wildman–Crippen LogP) is 8.92. The van der Waals surface area contributed by atoms with Gasteiger partial charge >= 0.3 is 0 Å². The summed E-state index contributed by atoms with van der Waals surface area (Å²) in [5.41, 5.74) is 24.3. The molecule has 18 rings (SSSR count). The number of piperazine rings is 3. The summed E-state index contributed by atoms with van der Waals surface area (Å²) < 4.78 is 67.3. The highest BCUT2D eigenvalue weighted by Crippen LogP contribution is 2.36. The van der Waals surface area contributed by atoms with Crippen molar-refractivity contribution in [3.05, 3.63) is 254 Å². The molecule has 3 aromatic carbocycles. The number of rotatable bonds is 17. The molecule has 0 radical (unpaired) electrons. The van der Waals surface area contributed by atoms with Crippen LogP contribution in [-0.2, 0) is 49.1 Å². The molecule has 3 aliphatic heterocycles. The molecule has 0 bridgehead atoms. The molecule has 117 heavy (non-hydrogen) atoms. The Balaban J connectivity index is 0.000000132. The van der Waals surface area contributed by atoms with E-state index in [1.54, 1.807) is 107 Å². The van der Waals surface area contributed by atoms with E-state index in [1.165, 1.54) is 36.4 Å². The highest BCUT2D eigenvalue weighted by atomic mass is 32.2. The molecule has 3 unspecified atom stereocenters. The maximum atomic E-state index is 13.7. The summed E-state index contributed by atoms with van der Waals surface area (Å²) in [6.07, 6.45) is 32.8. The van der Waals surface area contributed by atoms with Crippen LogP contribution in [0.1, 0.15) is 74.9 Å². The van der Waals surface area contributed by atoms with Crippen molar-refractivity contribution in [1.29, 1.82) is 0 Å². The van der Waals surface area contributed by atoms with E-state index >= 15 is 0 Å². The Kier molecular flexibility index (Phi) is 21.4. The van der Waals surface area contributed by atoms with Crippen LogP contribution < -0.4 is 45.6 Å². The highest BCUT2D eigenvalue weighted by molar-refractivity contribution is 7.90. The van der Waals surface area contributed by atoms with Gasteiger partial charge < -0.3 is 45.4 Å². The number of nitrogens with zero attached hydrogens (tertiary/aromatic N) is 27. The van der Waals surface area contributed by atoms with Crippen molar-refractivity contribution in [2.45, 2.75) is 62.9 Å². The zero-order chi connectivity index (χ0) is 81.5. The Bertz CT molecular complexity index is 5690. The van der Waals surface area contributed by atoms with Gasteiger partial charge in [-0.05, 0) is 113 Å². The normalized spacial score (nSPS) is 16.0. The van der Waals surface area contributed by atoms with Crippen LogP contribution in [0.25, 0.3) is 49.9 Å². The van der Waals surface area contributed by atoms with Gasteiger partial charge in [0.2, 0.25) is 17.8 Å². The van der Waals surface area contributed by atoms with E-state index in [2.05, 4.69) is 118 Å². The molecule has 0 spiro atoms. The molecule has 15 aromatic rings. The fourth-order valence-electron chi connectivity index (χ4n) is 14.6. The van der Waals surface area contributed by atoms with Gasteiger partial charge in [-0.2, -0.15) is 30.6 Å². The molecule has 31 nitrogen and oxygen atoms in total. The predicted molar refractivity (Wildman–Crippen MR) is 443 cm³/mol. The number of aromatic nitrogens is 21. The van der Waals surface area contributed by atoms with Crippen molar-refractivity contribution in [2.75, 3.05) is 108 Å². The smallest absolute Gasteiger partial charge is 0.225 e. The molecule has 15 heterocycles. The molecule has 35 heteroatoms. The lowest BCUT2D eigenvalue weighted by Crippen LogP contribution is -2.50. The van der Waals surface area contributed by atoms with Gasteiger partial charge in [0.05, 0.1) is 29.7 Å². The Labute approximate surface area is 675 Å². The molecule has 0 amide bonds. The lowest BCUT2D eigenvalue weighted by Gasteiger charge is -2.36. The molecule has 12 aromatic heterocycles. The van der Waals surface area contributed by atoms with Gasteiger partial charge in [-0.15, -0.1) is 4.72 Å². The third-order valence-corrected chi connectivity index (χ3v) is 23.4. The first-order chi connectivity index (χ1) is 56.3. The van der Waals surface area contributed by atoms with Crippen molar-refractivity contribution in [2.24, 2.45) is 32.6 Å². The Morgan fingerprint density at radius 3 is 0.880 bits per heavy atom. The summed E-state index contributed by atoms with van der Waals surface area (Å²) in [7, 11) is 5.71. The molecule has 3 fully saturated rings. The Morgan fingerprint density at radius 2 is 0.607 bits per heavy atom. The Morgan fingerprint density at radius 1 is 0.333 bits per heavy atom. The van der Waals surface area contributed by atoms with Crippen LogP contribution in [0, 0.1) is 17.5 Å². The lowest BCUT2D eigenvalue weighted by molar-refractivity contribution is 0.478. The van der Waals surface area contributed by atoms with E-state index in [1.807, 2.05) is 132 Å². The summed E-state index contributed by atoms with van der Waals surface area (Å²) in [4.78, 5) is 54.9. The van der Waals surface area contributed by atoms with Crippen LogP contribution in [0.15, 0.2) is 203 Å². The standard InChI is InChI=1S/C30H35FN10OS.2C26H27FN10/c1-29(2,3)43(42)37-30(4,23-6-8-25(31)9-7-23)24-16-32-28(33-17-24)40-12-10-39(11-13-40)27-26-14-21(19-41(26)36-20-34-27)22-15-35-38(5)18-22;2*1-26(28,20-3-5-22(27)6-4-20)21-13-29-25(30-14-21)36-9-7-35(8-10-36)24-23-11-18(16-37(23)33-17-31-24)19-12-32-34(2)15-19/h6-9,14-20,37H,10-13H2,1-5H3;2*3-6,11-17H,7-10,28H2,1-2H3/t;26-;/m.1./s1. The fraction of sp³-hybridized carbons (Fsp3) is 0.305. The van der Waals surface area contributed by atoms with E-state index in [-0.39, 0.29) is 17.5 Å². The van der Waals surface area contributed by atoms with Crippen molar-refractivity contribution in [1.82, 2.24) is 108 Å². The Hall–Kier alpha value is -12.8. The molecule has 0 aliphatic carbocycles. The second-order valence-corrected chi connectivity index (χ2v) is 32.9. The number of halogens is 3. The molecule has 4 atom stereocenters. The number of benzene rings is 3. The maximum Gasteiger partial charge on any atom is 0.225 e. The monoisotopic (exact) mass is 1600 g/mol. The largest absolute Gasteiger partial charge is 0.598 e. The number of hydrogen-bond donors (Lipinski definition) is 3. The first-order valence-electron chi connectivity index (χ1n) is 38.3. The van der Waals surface area contributed by atoms with Gasteiger partial charge in [0, 0.05) is 235 Å². The van der Waals surface area contributed by atoms with Gasteiger partial charge in [-0.25, -0.2) is 71.6 Å². The number of nitrogens with one attached hydrogen (secondary N) is 1. The summed E-state index contributed by atoms with van der Waals surface area (Å²) in [5, 5.41) is 26.0. The minimum absolute atomic E-state index is 0.293. The van der Waals surface area contributed by atoms with Crippen molar-refractivity contribution < 1.29 is 17.7 Å². The summed E-state index contributed by atoms with van der Waals surface area (Å²) in [6, 6.07) is 24.9. The molecule has 5 N–H and O–H groups in total. The van der Waals surface area contributed by atoms with Gasteiger partial charge in [0.25, 0.3) is 0 Å². The van der Waals surface area contributed by atoms with Crippen LogP contribution >= 0.6 is 0 Å². The summed E-state index contributed by atoms with van der Waals surface area (Å²) in [6.45, 7) is 20.4. The third-order valence-electron chi connectivity index (χ3n) is 21.7. The van der Waals surface area contributed by atoms with Crippen molar-refractivity contribution >= 4 is 63.2 Å². The van der Waals surface area contributed by atoms with Crippen molar-refractivity contribution in [3.8, 4) is 33.4 Å². The average Bonchev–Trinajstić information content (AvgIpc) is 1.54. The number of hydrogen-bond acceptors (Lipinski definition) is 25. The van der Waals surface area contributed by atoms with E-state index in [9.17, 15) is 17.7 Å². The maximum absolute atomic E-state index is 13.7. The van der Waals surface area contributed by atoms with Crippen LogP contribution in [0.4, 0.5) is 48.5 Å². The first-order valence-corrected chi connectivity index (χ1v) is 39.4. The van der Waals surface area contributed by atoms with Gasteiger partial charge in [-0.1, -0.05) is 36.4 Å². The van der Waals surface area contributed by atoms with Crippen LogP contribution in [0.2, 0.25) is 0 Å². The molecule has 600 valence electrons. The fourth-order valence-corrected chi connectivity index (χ4v) is 15.5. The third kappa shape index (κ3) is 16.5. The van der Waals surface area contributed by atoms with Gasteiger partial charge in [-0.3, -0.25) is 14.0 Å². The van der Waals surface area contributed by atoms with Gasteiger partial charge in [0.15, 0.2) is 17.5 Å². The van der Waals surface area contributed by atoms with Crippen molar-refractivity contribution in [3.63, 3.8) is 0 Å². The molecule has 0 saturated carbocycles. The lowest BCUT2D eigenvalue weighted by atomic mass is 9.87. The molecular weight excluding hydrogens is 1510 g/mol. The summed E-state index contributed by atoms with van der Waals surface area (Å²) >= 11 is -1.40. The molecule has 3 saturated heterocycles. The van der Waals surface area contributed by atoms with E-state index in [0.29, 0.717) is 30.9 Å². The summed E-state index contributed by atoms with van der Waals surface area (Å²) in [5.74, 6) is 3.71. The number of aryl methyl sites for hydroxylation is 3. The number of anilines is 6. The topological polar surface area (TPSA) is 328 Å². The SMILES string of the molecule is Cn1cc(-c2cc3c(N4CCN(c5ncc(C(C)(N)c6ccc(F)cc6)cn5)CC4)ncnn3c2)cn1.Cn1cc(-c2cc3c(N4CCN(c5ncc(C(C)(N[S+]([O-])C(C)(C)C)c6ccc(F)cc6)cn5)CC4)ncnn3c2)cn1.Cn1cc(-c2cc3c(N4CCN(c5ncc([C@](C)(N)c6ccc(F)cc6)cn5)CC4)ncnn3c2)cn1. The van der Waals surface area contributed by atoms with Crippen LogP contribution in [0.3, 0.4) is 0 Å². The average molecular weight is 1600 g/mol. The van der Waals surface area contributed by atoms with Crippen LogP contribution in [0.5, 0.6) is 0 Å². The zero-order valence-corrected chi connectivity index (χ0v) is 67.0. The highest BCUT2D eigenvalue weighted by Gasteiger charge is 2.40. The molecule has 3 aliphatic rings. The molecular formula is C82H89F3N30OS. The van der Waals surface area contributed by atoms with E-state index < -0.39 is 32.7 Å². The minimum Gasteiger partial charge on any atom is -0.598 e. The quantitative estimate of drug-likeness (QED) is 0.0716. The number of nitrogens with two attached hydrogens (primary N) is 2. The van der Waals surface area contributed by atoms with E-state index in [4.69, 9.17) is 21.4 Å². The second-order valence-electron chi connectivity index (χ2n) is 30.9. The number of fused-ring (bicyclic) bond motifs is 3. The van der Waals surface area contributed by atoms with E-state index in [0.717, 1.165) is 166 Å².